The molecule has 1 aliphatic heterocycles. The highest BCUT2D eigenvalue weighted by molar-refractivity contribution is 5.75. The van der Waals surface area contributed by atoms with Gasteiger partial charge in [-0.25, -0.2) is 0 Å². The Balaban J connectivity index is 1.77. The molecule has 4 nitrogen and oxygen atoms in total. The molecule has 0 radical (unpaired) electrons. The summed E-state index contributed by atoms with van der Waals surface area (Å²) in [6.07, 6.45) is 2.27. The van der Waals surface area contributed by atoms with Crippen LogP contribution in [0.3, 0.4) is 0 Å². The topological polar surface area (TPSA) is 52.6 Å². The summed E-state index contributed by atoms with van der Waals surface area (Å²) >= 11 is 0. The maximum atomic E-state index is 11.4. The van der Waals surface area contributed by atoms with Crippen molar-refractivity contribution in [3.63, 3.8) is 0 Å². The quantitative estimate of drug-likeness (QED) is 0.870. The predicted molar refractivity (Wildman–Crippen MR) is 84.0 cm³/mol. The van der Waals surface area contributed by atoms with Gasteiger partial charge in [-0.15, -0.1) is 0 Å². The first-order chi connectivity index (χ1) is 10.1. The van der Waals surface area contributed by atoms with Gasteiger partial charge in [0, 0.05) is 20.0 Å². The zero-order chi connectivity index (χ0) is 15.2. The van der Waals surface area contributed by atoms with E-state index < -0.39 is 6.10 Å². The van der Waals surface area contributed by atoms with Crippen LogP contribution in [0.15, 0.2) is 24.3 Å². The Morgan fingerprint density at radius 1 is 1.33 bits per heavy atom. The Labute approximate surface area is 127 Å². The third kappa shape index (κ3) is 4.83. The molecule has 4 heteroatoms. The van der Waals surface area contributed by atoms with Gasteiger partial charge in [0.2, 0.25) is 5.91 Å². The summed E-state index contributed by atoms with van der Waals surface area (Å²) in [6.45, 7) is 4.65. The Morgan fingerprint density at radius 2 is 1.95 bits per heavy atom. The number of benzene rings is 1. The minimum atomic E-state index is -0.430. The molecular formula is C17H26N2O2. The second kappa shape index (κ2) is 7.57. The van der Waals surface area contributed by atoms with Crippen molar-refractivity contribution in [1.82, 2.24) is 10.2 Å². The van der Waals surface area contributed by atoms with E-state index in [2.05, 4.69) is 10.2 Å². The molecular weight excluding hydrogens is 264 g/mol. The van der Waals surface area contributed by atoms with Crippen molar-refractivity contribution in [1.29, 1.82) is 0 Å². The SMILES string of the molecule is CNC(=O)CC1CCN(CC(O)c2ccc(C)cc2)CC1. The van der Waals surface area contributed by atoms with Crippen LogP contribution in [0.25, 0.3) is 0 Å². The molecule has 1 aromatic rings. The summed E-state index contributed by atoms with van der Waals surface area (Å²) < 4.78 is 0. The van der Waals surface area contributed by atoms with Gasteiger partial charge >= 0.3 is 0 Å². The lowest BCUT2D eigenvalue weighted by molar-refractivity contribution is -0.121. The van der Waals surface area contributed by atoms with Crippen LogP contribution in [0, 0.1) is 12.8 Å². The number of carbonyl (C=O) groups excluding carboxylic acids is 1. The molecule has 0 saturated carbocycles. The van der Waals surface area contributed by atoms with Crippen LogP contribution in [0.1, 0.15) is 36.5 Å². The number of aryl methyl sites for hydroxylation is 1. The van der Waals surface area contributed by atoms with Crippen molar-refractivity contribution in [2.24, 2.45) is 5.92 Å². The highest BCUT2D eigenvalue weighted by atomic mass is 16.3. The predicted octanol–water partition coefficient (Wildman–Crippen LogP) is 1.88. The van der Waals surface area contributed by atoms with Gasteiger partial charge in [0.05, 0.1) is 6.10 Å². The normalized spacial score (nSPS) is 18.4. The van der Waals surface area contributed by atoms with Crippen LogP contribution in [0.4, 0.5) is 0 Å². The lowest BCUT2D eigenvalue weighted by Gasteiger charge is -2.33. The first kappa shape index (κ1) is 16.0. The summed E-state index contributed by atoms with van der Waals surface area (Å²) in [7, 11) is 1.69. The maximum absolute atomic E-state index is 11.4. The molecule has 1 amide bonds. The number of rotatable bonds is 5. The lowest BCUT2D eigenvalue weighted by atomic mass is 9.93. The first-order valence-electron chi connectivity index (χ1n) is 7.76. The second-order valence-electron chi connectivity index (χ2n) is 6.05. The smallest absolute Gasteiger partial charge is 0.220 e. The number of piperidine rings is 1. The summed E-state index contributed by atoms with van der Waals surface area (Å²) in [5.41, 5.74) is 2.19. The van der Waals surface area contributed by atoms with E-state index in [0.717, 1.165) is 31.5 Å². The highest BCUT2D eigenvalue weighted by Crippen LogP contribution is 2.23. The molecule has 21 heavy (non-hydrogen) atoms. The fourth-order valence-corrected chi connectivity index (χ4v) is 2.88. The van der Waals surface area contributed by atoms with E-state index in [1.54, 1.807) is 7.05 Å². The number of hydrogen-bond donors (Lipinski definition) is 2. The molecule has 1 saturated heterocycles. The van der Waals surface area contributed by atoms with Crippen LogP contribution in [-0.4, -0.2) is 42.6 Å². The molecule has 1 fully saturated rings. The Kier molecular flexibility index (Phi) is 5.76. The molecule has 1 atom stereocenters. The van der Waals surface area contributed by atoms with E-state index in [0.29, 0.717) is 18.9 Å². The summed E-state index contributed by atoms with van der Waals surface area (Å²) in [5, 5.41) is 13.0. The molecule has 0 bridgehead atoms. The van der Waals surface area contributed by atoms with Gasteiger partial charge < -0.3 is 15.3 Å². The fourth-order valence-electron chi connectivity index (χ4n) is 2.88. The van der Waals surface area contributed by atoms with Gasteiger partial charge in [-0.1, -0.05) is 29.8 Å². The van der Waals surface area contributed by atoms with E-state index in [1.807, 2.05) is 31.2 Å². The monoisotopic (exact) mass is 290 g/mol. The average molecular weight is 290 g/mol. The van der Waals surface area contributed by atoms with E-state index in [4.69, 9.17) is 0 Å². The number of aliphatic hydroxyl groups excluding tert-OH is 1. The number of likely N-dealkylation sites (tertiary alicyclic amines) is 1. The largest absolute Gasteiger partial charge is 0.387 e. The van der Waals surface area contributed by atoms with Gasteiger partial charge in [-0.2, -0.15) is 0 Å². The van der Waals surface area contributed by atoms with Crippen molar-refractivity contribution in [2.75, 3.05) is 26.7 Å². The van der Waals surface area contributed by atoms with Gasteiger partial charge in [0.15, 0.2) is 0 Å². The maximum Gasteiger partial charge on any atom is 0.220 e. The van der Waals surface area contributed by atoms with Crippen molar-refractivity contribution < 1.29 is 9.90 Å². The third-order valence-electron chi connectivity index (χ3n) is 4.35. The molecule has 0 spiro atoms. The molecule has 1 aliphatic rings. The number of nitrogens with zero attached hydrogens (tertiary/aromatic N) is 1. The van der Waals surface area contributed by atoms with Crippen LogP contribution < -0.4 is 5.32 Å². The van der Waals surface area contributed by atoms with E-state index >= 15 is 0 Å². The third-order valence-corrected chi connectivity index (χ3v) is 4.35. The summed E-state index contributed by atoms with van der Waals surface area (Å²) in [6, 6.07) is 8.07. The number of amides is 1. The van der Waals surface area contributed by atoms with Crippen molar-refractivity contribution in [3.8, 4) is 0 Å². The Bertz CT molecular complexity index is 450. The molecule has 0 aliphatic carbocycles. The van der Waals surface area contributed by atoms with Crippen LogP contribution >= 0.6 is 0 Å². The molecule has 0 aromatic heterocycles. The van der Waals surface area contributed by atoms with Crippen molar-refractivity contribution in [3.05, 3.63) is 35.4 Å². The molecule has 1 unspecified atom stereocenters. The lowest BCUT2D eigenvalue weighted by Crippen LogP contribution is -2.37. The fraction of sp³-hybridized carbons (Fsp3) is 0.588. The molecule has 116 valence electrons. The van der Waals surface area contributed by atoms with Gasteiger partial charge in [0.25, 0.3) is 0 Å². The van der Waals surface area contributed by atoms with Crippen LogP contribution in [0.5, 0.6) is 0 Å². The number of β-amino-alcohol motifs (C(OH)–C–C–N with tert-alkyl or cyclic N) is 1. The van der Waals surface area contributed by atoms with Crippen molar-refractivity contribution in [2.45, 2.75) is 32.3 Å². The van der Waals surface area contributed by atoms with Crippen LogP contribution in [0.2, 0.25) is 0 Å². The Morgan fingerprint density at radius 3 is 2.52 bits per heavy atom. The summed E-state index contributed by atoms with van der Waals surface area (Å²) in [5.74, 6) is 0.617. The summed E-state index contributed by atoms with van der Waals surface area (Å²) in [4.78, 5) is 13.7. The zero-order valence-corrected chi connectivity index (χ0v) is 13.0. The molecule has 1 aromatic carbocycles. The minimum absolute atomic E-state index is 0.133. The van der Waals surface area contributed by atoms with E-state index in [9.17, 15) is 9.90 Å². The minimum Gasteiger partial charge on any atom is -0.387 e. The molecule has 2 N–H and O–H groups in total. The van der Waals surface area contributed by atoms with Gasteiger partial charge in [-0.3, -0.25) is 4.79 Å². The van der Waals surface area contributed by atoms with E-state index in [-0.39, 0.29) is 5.91 Å². The number of carbonyl (C=O) groups is 1. The van der Waals surface area contributed by atoms with Gasteiger partial charge in [-0.05, 0) is 44.3 Å². The molecule has 2 rings (SSSR count). The van der Waals surface area contributed by atoms with E-state index in [1.165, 1.54) is 5.56 Å². The average Bonchev–Trinajstić information content (AvgIpc) is 2.49. The van der Waals surface area contributed by atoms with Crippen molar-refractivity contribution >= 4 is 5.91 Å². The molecule has 1 heterocycles. The van der Waals surface area contributed by atoms with Crippen LogP contribution in [-0.2, 0) is 4.79 Å². The first-order valence-corrected chi connectivity index (χ1v) is 7.76. The number of hydrogen-bond acceptors (Lipinski definition) is 3. The van der Waals surface area contributed by atoms with Gasteiger partial charge in [0.1, 0.15) is 0 Å². The number of aliphatic hydroxyl groups is 1. The standard InChI is InChI=1S/C17H26N2O2/c1-13-3-5-15(6-4-13)16(20)12-19-9-7-14(8-10-19)11-17(21)18-2/h3-6,14,16,20H,7-12H2,1-2H3,(H,18,21). The zero-order valence-electron chi connectivity index (χ0n) is 13.0. The second-order valence-corrected chi connectivity index (χ2v) is 6.05. The number of nitrogens with one attached hydrogen (secondary N) is 1. The Hall–Kier alpha value is -1.39. The highest BCUT2D eigenvalue weighted by Gasteiger charge is 2.22.